The zero-order valence-corrected chi connectivity index (χ0v) is 13.0. The van der Waals surface area contributed by atoms with E-state index in [1.807, 2.05) is 18.6 Å². The zero-order chi connectivity index (χ0) is 15.6. The number of piperidine rings is 1. The summed E-state index contributed by atoms with van der Waals surface area (Å²) >= 11 is 0. The second kappa shape index (κ2) is 6.10. The van der Waals surface area contributed by atoms with Crippen LogP contribution in [0.15, 0.2) is 28.5 Å². The monoisotopic (exact) mass is 310 g/mol. The maximum atomic E-state index is 12.4. The number of aromatic nitrogens is 1. The first kappa shape index (κ1) is 14.4. The van der Waals surface area contributed by atoms with Crippen LogP contribution in [0.25, 0.3) is 0 Å². The van der Waals surface area contributed by atoms with E-state index in [4.69, 9.17) is 0 Å². The second-order valence-corrected chi connectivity index (χ2v) is 6.33. The summed E-state index contributed by atoms with van der Waals surface area (Å²) in [6.07, 6.45) is 9.61. The molecule has 119 valence electrons. The maximum Gasteiger partial charge on any atom is 0.275 e. The van der Waals surface area contributed by atoms with Gasteiger partial charge in [0.1, 0.15) is 11.5 Å². The molecule has 1 N–H and O–H groups in total. The maximum absolute atomic E-state index is 12.4. The third kappa shape index (κ3) is 3.25. The molecule has 6 nitrogen and oxygen atoms in total. The number of anilines is 1. The minimum absolute atomic E-state index is 0.230. The standard InChI is InChI=1S/C17H20N5O/c23-17(19-16-11-14(20-21-16)12-4-5-12)15-10-13(6-7-18-15)22-8-2-1-3-9-22/h6-7,10-12H,1-5,8-9H2,(H,19,21,23). The van der Waals surface area contributed by atoms with Crippen LogP contribution in [-0.4, -0.2) is 35.5 Å². The van der Waals surface area contributed by atoms with Crippen molar-refractivity contribution in [3.63, 3.8) is 0 Å². The zero-order valence-electron chi connectivity index (χ0n) is 13.0. The first-order valence-corrected chi connectivity index (χ1v) is 8.32. The SMILES string of the molecule is O=C(NC1=NN=C(C2CC2)[CH]1)c1cc(N2CCCCC2)ccn1. The first-order valence-electron chi connectivity index (χ1n) is 8.32. The van der Waals surface area contributed by atoms with Crippen molar-refractivity contribution in [1.29, 1.82) is 0 Å². The minimum atomic E-state index is -0.230. The molecule has 6 heteroatoms. The molecule has 1 saturated heterocycles. The van der Waals surface area contributed by atoms with Crippen molar-refractivity contribution >= 4 is 23.1 Å². The largest absolute Gasteiger partial charge is 0.371 e. The third-order valence-corrected chi connectivity index (χ3v) is 4.49. The molecule has 2 aliphatic heterocycles. The van der Waals surface area contributed by atoms with Gasteiger partial charge >= 0.3 is 0 Å². The highest BCUT2D eigenvalue weighted by atomic mass is 16.2. The van der Waals surface area contributed by atoms with Crippen LogP contribution in [-0.2, 0) is 0 Å². The van der Waals surface area contributed by atoms with E-state index >= 15 is 0 Å². The Balaban J connectivity index is 1.40. The van der Waals surface area contributed by atoms with Gasteiger partial charge in [-0.2, -0.15) is 5.10 Å². The van der Waals surface area contributed by atoms with E-state index in [1.54, 1.807) is 6.20 Å². The van der Waals surface area contributed by atoms with Crippen molar-refractivity contribution in [2.24, 2.45) is 16.1 Å². The van der Waals surface area contributed by atoms with Crippen molar-refractivity contribution < 1.29 is 4.79 Å². The van der Waals surface area contributed by atoms with Crippen LogP contribution in [0.2, 0.25) is 0 Å². The lowest BCUT2D eigenvalue weighted by molar-refractivity contribution is 0.0972. The van der Waals surface area contributed by atoms with Crippen molar-refractivity contribution in [2.75, 3.05) is 18.0 Å². The predicted octanol–water partition coefficient (Wildman–Crippen LogP) is 2.18. The lowest BCUT2D eigenvalue weighted by atomic mass is 10.1. The molecule has 4 rings (SSSR count). The second-order valence-electron chi connectivity index (χ2n) is 6.33. The average molecular weight is 310 g/mol. The van der Waals surface area contributed by atoms with Crippen LogP contribution in [0, 0.1) is 12.3 Å². The Bertz CT molecular complexity index is 671. The number of rotatable bonds is 3. The summed E-state index contributed by atoms with van der Waals surface area (Å²) < 4.78 is 0. The summed E-state index contributed by atoms with van der Waals surface area (Å²) in [7, 11) is 0. The van der Waals surface area contributed by atoms with Gasteiger partial charge in [0.2, 0.25) is 0 Å². The molecule has 1 aromatic heterocycles. The van der Waals surface area contributed by atoms with Crippen LogP contribution in [0.3, 0.4) is 0 Å². The van der Waals surface area contributed by atoms with Crippen molar-refractivity contribution in [2.45, 2.75) is 32.1 Å². The Hall–Kier alpha value is -2.24. The van der Waals surface area contributed by atoms with Gasteiger partial charge in [0, 0.05) is 25.0 Å². The van der Waals surface area contributed by atoms with Gasteiger partial charge in [0.05, 0.1) is 12.1 Å². The van der Waals surface area contributed by atoms with Crippen LogP contribution >= 0.6 is 0 Å². The molecule has 1 radical (unpaired) electrons. The minimum Gasteiger partial charge on any atom is -0.371 e. The van der Waals surface area contributed by atoms with Gasteiger partial charge in [-0.1, -0.05) is 0 Å². The molecule has 0 bridgehead atoms. The normalized spacial score (nSPS) is 21.0. The highest BCUT2D eigenvalue weighted by molar-refractivity contribution is 6.22. The van der Waals surface area contributed by atoms with Crippen LogP contribution in [0.4, 0.5) is 5.69 Å². The molecular weight excluding hydrogens is 290 g/mol. The fourth-order valence-corrected chi connectivity index (χ4v) is 3.02. The fraction of sp³-hybridized carbons (Fsp3) is 0.471. The Morgan fingerprint density at radius 2 is 2.00 bits per heavy atom. The van der Waals surface area contributed by atoms with Crippen molar-refractivity contribution in [1.82, 2.24) is 10.3 Å². The highest BCUT2D eigenvalue weighted by Crippen LogP contribution is 2.33. The summed E-state index contributed by atoms with van der Waals surface area (Å²) in [4.78, 5) is 18.9. The summed E-state index contributed by atoms with van der Waals surface area (Å²) in [6.45, 7) is 2.09. The molecule has 3 heterocycles. The number of hydrogen-bond donors (Lipinski definition) is 1. The van der Waals surface area contributed by atoms with Crippen LogP contribution < -0.4 is 10.2 Å². The Kier molecular flexibility index (Phi) is 3.81. The van der Waals surface area contributed by atoms with Crippen molar-refractivity contribution in [3.05, 3.63) is 30.4 Å². The van der Waals surface area contributed by atoms with Gasteiger partial charge in [-0.3, -0.25) is 9.78 Å². The topological polar surface area (TPSA) is 70.0 Å². The molecule has 3 aliphatic rings. The molecule has 1 amide bonds. The van der Waals surface area contributed by atoms with E-state index < -0.39 is 0 Å². The van der Waals surface area contributed by atoms with Gasteiger partial charge in [-0.15, -0.1) is 5.10 Å². The first-order chi connectivity index (χ1) is 11.3. The van der Waals surface area contributed by atoms with Gasteiger partial charge in [0.25, 0.3) is 5.91 Å². The van der Waals surface area contributed by atoms with Gasteiger partial charge in [-0.25, -0.2) is 0 Å². The third-order valence-electron chi connectivity index (χ3n) is 4.49. The van der Waals surface area contributed by atoms with Gasteiger partial charge < -0.3 is 10.2 Å². The van der Waals surface area contributed by atoms with Gasteiger partial charge in [0.15, 0.2) is 0 Å². The smallest absolute Gasteiger partial charge is 0.275 e. The fourth-order valence-electron chi connectivity index (χ4n) is 3.02. The number of nitrogens with one attached hydrogen (secondary N) is 1. The molecule has 0 spiro atoms. The molecular formula is C17H20N5O. The number of carbonyl (C=O) groups excluding carboxylic acids is 1. The molecule has 1 aliphatic carbocycles. The predicted molar refractivity (Wildman–Crippen MR) is 89.7 cm³/mol. The number of nitrogens with zero attached hydrogens (tertiary/aromatic N) is 4. The number of hydrogen-bond acceptors (Lipinski definition) is 5. The number of carbonyl (C=O) groups is 1. The van der Waals surface area contributed by atoms with E-state index in [1.165, 1.54) is 32.1 Å². The van der Waals surface area contributed by atoms with Crippen LogP contribution in [0.5, 0.6) is 0 Å². The summed E-state index contributed by atoms with van der Waals surface area (Å²) in [5.74, 6) is 0.821. The Morgan fingerprint density at radius 3 is 2.78 bits per heavy atom. The highest BCUT2D eigenvalue weighted by Gasteiger charge is 2.31. The number of amidine groups is 1. The summed E-state index contributed by atoms with van der Waals surface area (Å²) in [5, 5.41) is 11.0. The van der Waals surface area contributed by atoms with E-state index in [0.717, 1.165) is 24.5 Å². The lowest BCUT2D eigenvalue weighted by Gasteiger charge is -2.28. The lowest BCUT2D eigenvalue weighted by Crippen LogP contribution is -2.32. The van der Waals surface area contributed by atoms with Gasteiger partial charge in [-0.05, 0) is 50.2 Å². The average Bonchev–Trinajstić information content (AvgIpc) is 3.36. The summed E-state index contributed by atoms with van der Waals surface area (Å²) in [6, 6.07) is 3.83. The Labute approximate surface area is 135 Å². The molecule has 1 aromatic rings. The molecule has 0 aromatic carbocycles. The summed E-state index contributed by atoms with van der Waals surface area (Å²) in [5.41, 5.74) is 2.47. The quantitative estimate of drug-likeness (QED) is 0.930. The molecule has 2 fully saturated rings. The molecule has 0 atom stereocenters. The van der Waals surface area contributed by atoms with Crippen molar-refractivity contribution in [3.8, 4) is 0 Å². The van der Waals surface area contributed by atoms with E-state index in [9.17, 15) is 4.79 Å². The van der Waals surface area contributed by atoms with E-state index in [-0.39, 0.29) is 5.91 Å². The van der Waals surface area contributed by atoms with Crippen LogP contribution in [0.1, 0.15) is 42.6 Å². The molecule has 1 saturated carbocycles. The molecule has 0 unspecified atom stereocenters. The molecule has 23 heavy (non-hydrogen) atoms. The van der Waals surface area contributed by atoms with E-state index in [2.05, 4.69) is 25.4 Å². The van der Waals surface area contributed by atoms with E-state index in [0.29, 0.717) is 17.4 Å². The Morgan fingerprint density at radius 1 is 1.17 bits per heavy atom. The number of amides is 1. The number of pyridine rings is 1.